The Bertz CT molecular complexity index is 3700. The second-order valence-corrected chi connectivity index (χ2v) is 20.1. The number of carbonyl (C=O) groups is 1. The first kappa shape index (κ1) is 50.2. The molecule has 0 aliphatic carbocycles. The summed E-state index contributed by atoms with van der Waals surface area (Å²) in [6, 6.07) is 36.6. The van der Waals surface area contributed by atoms with E-state index in [-0.39, 0.29) is 49.8 Å². The topological polar surface area (TPSA) is 198 Å². The lowest BCUT2D eigenvalue weighted by Crippen LogP contribution is -2.30. The van der Waals surface area contributed by atoms with Crippen molar-refractivity contribution in [2.45, 2.75) is 29.1 Å². The normalized spacial score (nSPS) is 12.0. The molecule has 0 atom stereocenters. The molecule has 0 bridgehead atoms. The van der Waals surface area contributed by atoms with Crippen LogP contribution in [0.5, 0.6) is 0 Å². The van der Waals surface area contributed by atoms with Crippen LogP contribution in [0.4, 0.5) is 26.3 Å². The van der Waals surface area contributed by atoms with Gasteiger partial charge in [0.05, 0.1) is 20.9 Å². The minimum atomic E-state index is -4.64. The fourth-order valence-electron chi connectivity index (χ4n) is 7.51. The first-order valence-electron chi connectivity index (χ1n) is 21.1. The third-order valence-corrected chi connectivity index (χ3v) is 13.2. The molecular formula is C50H38F6N8O6S2. The molecule has 72 heavy (non-hydrogen) atoms. The van der Waals surface area contributed by atoms with Gasteiger partial charge in [0.1, 0.15) is 23.0 Å². The number of aryl methyl sites for hydroxylation is 1. The van der Waals surface area contributed by atoms with Gasteiger partial charge in [0, 0.05) is 54.3 Å². The van der Waals surface area contributed by atoms with E-state index in [1.807, 2.05) is 5.43 Å². The van der Waals surface area contributed by atoms with Gasteiger partial charge in [-0.3, -0.25) is 19.4 Å². The lowest BCUT2D eigenvalue weighted by Gasteiger charge is -2.14. The summed E-state index contributed by atoms with van der Waals surface area (Å²) in [6.07, 6.45) is -4.15. The van der Waals surface area contributed by atoms with E-state index in [1.165, 1.54) is 76.1 Å². The maximum atomic E-state index is 13.8. The number of hydrazine groups is 1. The molecule has 0 radical (unpaired) electrons. The van der Waals surface area contributed by atoms with Gasteiger partial charge in [0.25, 0.3) is 11.8 Å². The van der Waals surface area contributed by atoms with Gasteiger partial charge in [-0.2, -0.15) is 26.3 Å². The summed E-state index contributed by atoms with van der Waals surface area (Å²) in [7, 11) is -6.78. The largest absolute Gasteiger partial charge is 0.420 e. The molecule has 22 heteroatoms. The number of halogens is 6. The Hall–Kier alpha value is -8.21. The van der Waals surface area contributed by atoms with Crippen molar-refractivity contribution in [3.63, 3.8) is 0 Å². The summed E-state index contributed by atoms with van der Waals surface area (Å²) in [5.41, 5.74) is 3.67. The predicted octanol–water partition coefficient (Wildman–Crippen LogP) is 10.2. The molecule has 0 unspecified atom stereocenters. The van der Waals surface area contributed by atoms with Crippen LogP contribution in [0.25, 0.3) is 68.0 Å². The summed E-state index contributed by atoms with van der Waals surface area (Å²) in [4.78, 5) is 21.0. The van der Waals surface area contributed by atoms with Gasteiger partial charge in [-0.15, -0.1) is 10.2 Å². The lowest BCUT2D eigenvalue weighted by atomic mass is 10.0. The van der Waals surface area contributed by atoms with Gasteiger partial charge in [-0.1, -0.05) is 84.9 Å². The number of amides is 1. The third-order valence-electron chi connectivity index (χ3n) is 10.9. The number of sulfone groups is 2. The Morgan fingerprint density at radius 2 is 1.01 bits per heavy atom. The van der Waals surface area contributed by atoms with Crippen molar-refractivity contribution in [3.8, 4) is 68.0 Å². The van der Waals surface area contributed by atoms with Gasteiger partial charge in [0.2, 0.25) is 5.89 Å². The van der Waals surface area contributed by atoms with Gasteiger partial charge in [-0.05, 0) is 82.9 Å². The fourth-order valence-corrected chi connectivity index (χ4v) is 8.85. The van der Waals surface area contributed by atoms with Crippen LogP contribution in [-0.4, -0.2) is 64.6 Å². The molecule has 3 N–H and O–H groups in total. The highest BCUT2D eigenvalue weighted by molar-refractivity contribution is 7.91. The van der Waals surface area contributed by atoms with Crippen molar-refractivity contribution in [1.82, 2.24) is 34.7 Å². The Morgan fingerprint density at radius 1 is 0.569 bits per heavy atom. The van der Waals surface area contributed by atoms with E-state index in [1.54, 1.807) is 85.8 Å². The van der Waals surface area contributed by atoms with E-state index in [2.05, 4.69) is 20.2 Å². The van der Waals surface area contributed by atoms with Gasteiger partial charge >= 0.3 is 12.4 Å². The van der Waals surface area contributed by atoms with E-state index in [0.717, 1.165) is 30.2 Å². The van der Waals surface area contributed by atoms with Gasteiger partial charge < -0.3 is 4.42 Å². The standard InChI is InChI=1S/C26H19F3N4O3S.C24H19F3N4O3S/c1-16-31-32-25(36-16)23-15-33(24(30-23)21-8-3-4-9-22(21)26(27,28)29)19-12-10-17(11-13-19)18-6-5-7-20(14-18)37(2,34)35;1-35(33,34)18-6-4-5-16(13-18)15-9-11-17(12-10-15)31-14-21(23(32)30-28)29-22(31)19-7-2-3-8-20(19)24(25,26)27/h3-15H,1-2H3;2-14H,28H2,1H3,(H,30,32). The maximum Gasteiger partial charge on any atom is 0.417 e. The van der Waals surface area contributed by atoms with Gasteiger partial charge in [-0.25, -0.2) is 32.6 Å². The number of nitrogens with one attached hydrogen (secondary N) is 1. The number of carbonyl (C=O) groups excluding carboxylic acids is 1. The molecule has 0 fully saturated rings. The third kappa shape index (κ3) is 10.9. The highest BCUT2D eigenvalue weighted by Gasteiger charge is 2.36. The number of hydrogen-bond acceptors (Lipinski definition) is 11. The van der Waals surface area contributed by atoms with Crippen molar-refractivity contribution in [2.75, 3.05) is 12.5 Å². The first-order valence-corrected chi connectivity index (χ1v) is 24.9. The number of benzene rings is 6. The van der Waals surface area contributed by atoms with Crippen LogP contribution < -0.4 is 11.3 Å². The smallest absolute Gasteiger partial charge is 0.417 e. The van der Waals surface area contributed by atoms with Crippen molar-refractivity contribution >= 4 is 25.6 Å². The Labute approximate surface area is 407 Å². The van der Waals surface area contributed by atoms with Crippen LogP contribution in [0.3, 0.4) is 0 Å². The van der Waals surface area contributed by atoms with Crippen molar-refractivity contribution in [1.29, 1.82) is 0 Å². The molecule has 3 aromatic heterocycles. The number of nitrogen functional groups attached to an aromatic ring is 1. The molecule has 1 amide bonds. The zero-order valence-electron chi connectivity index (χ0n) is 37.8. The number of alkyl halides is 6. The number of rotatable bonds is 10. The highest BCUT2D eigenvalue weighted by Crippen LogP contribution is 2.40. The van der Waals surface area contributed by atoms with Crippen LogP contribution in [0, 0.1) is 6.92 Å². The van der Waals surface area contributed by atoms with Crippen LogP contribution in [-0.2, 0) is 32.0 Å². The lowest BCUT2D eigenvalue weighted by molar-refractivity contribution is -0.137. The Morgan fingerprint density at radius 3 is 1.43 bits per heavy atom. The SMILES string of the molecule is CS(=O)(=O)c1cccc(-c2ccc(-n3cc(C(=O)NN)nc3-c3ccccc3C(F)(F)F)cc2)c1.Cc1nnc(-c2cn(-c3ccc(-c4cccc(S(C)(=O)=O)c4)cc3)c(-c3ccccc3C(F)(F)F)n2)o1. The van der Waals surface area contributed by atoms with E-state index in [4.69, 9.17) is 10.3 Å². The Kier molecular flexibility index (Phi) is 13.6. The maximum absolute atomic E-state index is 13.8. The molecule has 0 aliphatic rings. The summed E-state index contributed by atoms with van der Waals surface area (Å²) < 4.78 is 139. The average Bonchev–Trinajstić information content (AvgIpc) is 4.12. The van der Waals surface area contributed by atoms with Crippen molar-refractivity contribution in [2.24, 2.45) is 5.84 Å². The predicted molar refractivity (Wildman–Crippen MR) is 255 cm³/mol. The first-order chi connectivity index (χ1) is 34.0. The molecule has 3 heterocycles. The monoisotopic (exact) mass is 1020 g/mol. The van der Waals surface area contributed by atoms with Crippen molar-refractivity contribution in [3.05, 3.63) is 181 Å². The average molecular weight is 1030 g/mol. The number of imidazole rings is 2. The Balaban J connectivity index is 0.000000193. The molecule has 0 saturated heterocycles. The van der Waals surface area contributed by atoms with Crippen LogP contribution in [0.2, 0.25) is 0 Å². The fraction of sp³-hybridized carbons (Fsp3) is 0.100. The van der Waals surface area contributed by atoms with Crippen LogP contribution >= 0.6 is 0 Å². The molecule has 9 rings (SSSR count). The zero-order valence-corrected chi connectivity index (χ0v) is 39.4. The molecule has 6 aromatic carbocycles. The molecule has 0 aliphatic heterocycles. The second kappa shape index (κ2) is 19.5. The number of hydrogen-bond donors (Lipinski definition) is 2. The molecule has 368 valence electrons. The van der Waals surface area contributed by atoms with E-state index < -0.39 is 49.1 Å². The minimum absolute atomic E-state index is 0.0469. The quantitative estimate of drug-likeness (QED) is 0.0572. The van der Waals surface area contributed by atoms with Gasteiger partial charge in [0.15, 0.2) is 19.7 Å². The molecular weight excluding hydrogens is 987 g/mol. The molecule has 14 nitrogen and oxygen atoms in total. The number of aromatic nitrogens is 6. The summed E-state index contributed by atoms with van der Waals surface area (Å²) in [6.45, 7) is 1.60. The minimum Gasteiger partial charge on any atom is -0.420 e. The summed E-state index contributed by atoms with van der Waals surface area (Å²) >= 11 is 0. The van der Waals surface area contributed by atoms with E-state index >= 15 is 0 Å². The number of nitrogens with zero attached hydrogens (tertiary/aromatic N) is 6. The summed E-state index contributed by atoms with van der Waals surface area (Å²) in [5, 5.41) is 7.73. The summed E-state index contributed by atoms with van der Waals surface area (Å²) in [5.74, 6) is 4.76. The molecule has 9 aromatic rings. The number of nitrogens with two attached hydrogens (primary N) is 1. The van der Waals surface area contributed by atoms with E-state index in [0.29, 0.717) is 34.0 Å². The highest BCUT2D eigenvalue weighted by atomic mass is 32.2. The van der Waals surface area contributed by atoms with Crippen LogP contribution in [0.15, 0.2) is 172 Å². The van der Waals surface area contributed by atoms with E-state index in [9.17, 15) is 48.0 Å². The van der Waals surface area contributed by atoms with Crippen molar-refractivity contribution < 1.29 is 52.4 Å². The molecule has 0 saturated carbocycles. The second-order valence-electron chi connectivity index (χ2n) is 16.0. The molecule has 0 spiro atoms. The zero-order chi connectivity index (χ0) is 51.8. The van der Waals surface area contributed by atoms with Crippen LogP contribution in [0.1, 0.15) is 27.5 Å².